The Balaban J connectivity index is 1.24. The number of phenols is 1. The number of nitrogens with zero attached hydrogens (tertiary/aromatic N) is 4. The molecular weight excluding hydrogens is 740 g/mol. The third-order valence-electron chi connectivity index (χ3n) is 12.2. The standard InChI is InChI=1S/C42H43ClN4O7S/c1-20-25-17-22(43)10-14-32(25)55-36(20)29-19-33(45(6)44-29)46-38(50)28-18-26-23(11-12-24-34(26)39(51)47(37(24)49)41(2,3)4)27(42(28,5)40(46)52)13-9-21-15-30(53-7)35(48)31(16-21)54-8/h9-11,13-17,19,24,26-28,34,48H,12,18H2,1-8H3. The van der Waals surface area contributed by atoms with Crippen molar-refractivity contribution < 1.29 is 33.8 Å². The van der Waals surface area contributed by atoms with E-state index in [0.29, 0.717) is 28.5 Å². The zero-order chi connectivity index (χ0) is 39.5. The highest BCUT2D eigenvalue weighted by atomic mass is 35.5. The molecule has 3 fully saturated rings. The molecule has 4 aromatic rings. The number of hydrogen-bond acceptors (Lipinski definition) is 9. The van der Waals surface area contributed by atoms with Crippen LogP contribution >= 0.6 is 22.9 Å². The molecular formula is C42H43ClN4O7S. The highest BCUT2D eigenvalue weighted by Gasteiger charge is 2.67. The molecule has 286 valence electrons. The van der Waals surface area contributed by atoms with Gasteiger partial charge in [-0.3, -0.25) is 28.8 Å². The lowest BCUT2D eigenvalue weighted by atomic mass is 9.52. The van der Waals surface area contributed by atoms with Crippen LogP contribution in [0.1, 0.15) is 51.7 Å². The number of aromatic nitrogens is 2. The number of rotatable bonds is 6. The first kappa shape index (κ1) is 37.0. The van der Waals surface area contributed by atoms with E-state index >= 15 is 4.79 Å². The number of carbonyl (C=O) groups is 4. The number of halogens is 1. The quantitative estimate of drug-likeness (QED) is 0.157. The number of likely N-dealkylation sites (tertiary alicyclic amines) is 1. The first-order valence-electron chi connectivity index (χ1n) is 18.3. The molecule has 2 aliphatic heterocycles. The number of imide groups is 2. The van der Waals surface area contributed by atoms with Crippen LogP contribution in [0.3, 0.4) is 0 Å². The van der Waals surface area contributed by atoms with E-state index in [9.17, 15) is 19.5 Å². The molecule has 0 spiro atoms. The lowest BCUT2D eigenvalue weighted by Gasteiger charge is -2.48. The predicted molar refractivity (Wildman–Crippen MR) is 211 cm³/mol. The Labute approximate surface area is 328 Å². The summed E-state index contributed by atoms with van der Waals surface area (Å²) in [6.07, 6.45) is 6.37. The smallest absolute Gasteiger partial charge is 0.242 e. The normalized spacial score (nSPS) is 26.6. The van der Waals surface area contributed by atoms with Gasteiger partial charge in [0.1, 0.15) is 11.5 Å². The molecule has 2 aromatic carbocycles. The number of hydrogen-bond donors (Lipinski definition) is 1. The number of thiophene rings is 1. The molecule has 1 N–H and O–H groups in total. The van der Waals surface area contributed by atoms with E-state index in [4.69, 9.17) is 26.2 Å². The van der Waals surface area contributed by atoms with Crippen LogP contribution < -0.4 is 14.4 Å². The van der Waals surface area contributed by atoms with Gasteiger partial charge in [0, 0.05) is 34.3 Å². The van der Waals surface area contributed by atoms with Crippen LogP contribution in [0.25, 0.3) is 26.7 Å². The lowest BCUT2D eigenvalue weighted by molar-refractivity contribution is -0.145. The number of allylic oxidation sites excluding steroid dienone is 3. The van der Waals surface area contributed by atoms with Gasteiger partial charge in [-0.1, -0.05) is 35.4 Å². The second-order valence-electron chi connectivity index (χ2n) is 16.2. The van der Waals surface area contributed by atoms with Gasteiger partial charge in [-0.2, -0.15) is 5.10 Å². The summed E-state index contributed by atoms with van der Waals surface area (Å²) in [7, 11) is 4.62. The number of aromatic hydroxyl groups is 1. The van der Waals surface area contributed by atoms with Crippen molar-refractivity contribution in [1.82, 2.24) is 14.7 Å². The number of ether oxygens (including phenoxy) is 2. The number of amides is 4. The van der Waals surface area contributed by atoms with Gasteiger partial charge < -0.3 is 14.6 Å². The molecule has 6 unspecified atom stereocenters. The van der Waals surface area contributed by atoms with Gasteiger partial charge in [0.2, 0.25) is 29.4 Å². The van der Waals surface area contributed by atoms with Crippen molar-refractivity contribution in [1.29, 1.82) is 0 Å². The Morgan fingerprint density at radius 1 is 1.00 bits per heavy atom. The van der Waals surface area contributed by atoms with Gasteiger partial charge in [-0.05, 0) is 100 Å². The summed E-state index contributed by atoms with van der Waals surface area (Å²) < 4.78 is 13.4. The SMILES string of the molecule is COc1cc(C=CC2C3=CCC4C(=O)N(C(C)(C)C)C(=O)C4C3CC3C(=O)N(c4cc(-c5sc6ccc(Cl)cc6c5C)nn4C)C(=O)C23C)cc(OC)c1O. The van der Waals surface area contributed by atoms with Crippen molar-refractivity contribution in [2.24, 2.45) is 42.1 Å². The Morgan fingerprint density at radius 2 is 1.69 bits per heavy atom. The minimum atomic E-state index is -1.24. The maximum Gasteiger partial charge on any atom is 0.242 e. The molecule has 55 heavy (non-hydrogen) atoms. The number of benzene rings is 2. The first-order valence-corrected chi connectivity index (χ1v) is 19.5. The van der Waals surface area contributed by atoms with E-state index in [1.165, 1.54) is 24.0 Å². The second-order valence-corrected chi connectivity index (χ2v) is 17.7. The van der Waals surface area contributed by atoms with E-state index in [0.717, 1.165) is 26.1 Å². The Bertz CT molecular complexity index is 2380. The zero-order valence-electron chi connectivity index (χ0n) is 32.0. The van der Waals surface area contributed by atoms with Crippen molar-refractivity contribution in [3.8, 4) is 27.8 Å². The lowest BCUT2D eigenvalue weighted by Crippen LogP contribution is -2.50. The van der Waals surface area contributed by atoms with Crippen molar-refractivity contribution in [2.75, 3.05) is 19.1 Å². The molecule has 0 radical (unpaired) electrons. The van der Waals surface area contributed by atoms with Crippen LogP contribution in [0.5, 0.6) is 17.2 Å². The van der Waals surface area contributed by atoms with Crippen LogP contribution in [-0.2, 0) is 26.2 Å². The van der Waals surface area contributed by atoms with E-state index in [1.54, 1.807) is 41.3 Å². The van der Waals surface area contributed by atoms with Crippen LogP contribution in [0.4, 0.5) is 5.82 Å². The van der Waals surface area contributed by atoms with Crippen molar-refractivity contribution >= 4 is 68.5 Å². The minimum Gasteiger partial charge on any atom is -0.502 e. The fraction of sp³-hybridized carbons (Fsp3) is 0.405. The molecule has 11 nitrogen and oxygen atoms in total. The number of anilines is 1. The summed E-state index contributed by atoms with van der Waals surface area (Å²) in [4.78, 5) is 61.5. The molecule has 4 aliphatic rings. The molecule has 8 rings (SSSR count). The Hall–Kier alpha value is -4.94. The van der Waals surface area contributed by atoms with Crippen LogP contribution in [0, 0.1) is 41.9 Å². The van der Waals surface area contributed by atoms with Gasteiger partial charge in [-0.15, -0.1) is 11.3 Å². The average molecular weight is 783 g/mol. The molecule has 1 saturated carbocycles. The van der Waals surface area contributed by atoms with E-state index in [-0.39, 0.29) is 47.3 Å². The average Bonchev–Trinajstić information content (AvgIpc) is 3.81. The maximum absolute atomic E-state index is 15.1. The topological polar surface area (TPSA) is 131 Å². The van der Waals surface area contributed by atoms with E-state index in [1.807, 2.05) is 71.0 Å². The third-order valence-corrected chi connectivity index (χ3v) is 13.7. The number of phenolic OH excluding ortho intramolecular Hbond substituents is 1. The maximum atomic E-state index is 15.1. The fourth-order valence-electron chi connectivity index (χ4n) is 9.53. The molecule has 13 heteroatoms. The number of carbonyl (C=O) groups excluding carboxylic acids is 4. The Kier molecular flexibility index (Phi) is 8.62. The van der Waals surface area contributed by atoms with E-state index in [2.05, 4.69) is 0 Å². The largest absolute Gasteiger partial charge is 0.502 e. The molecule has 4 amide bonds. The second kappa shape index (κ2) is 12.8. The highest BCUT2D eigenvalue weighted by Crippen LogP contribution is 2.61. The van der Waals surface area contributed by atoms with Crippen LogP contribution in [0.15, 0.2) is 54.1 Å². The molecule has 0 bridgehead atoms. The number of aryl methyl sites for hydroxylation is 2. The fourth-order valence-corrected chi connectivity index (χ4v) is 10.8. The van der Waals surface area contributed by atoms with Crippen molar-refractivity contribution in [3.05, 3.63) is 70.3 Å². The minimum absolute atomic E-state index is 0.141. The van der Waals surface area contributed by atoms with Crippen LogP contribution in [0.2, 0.25) is 5.02 Å². The van der Waals surface area contributed by atoms with E-state index < -0.39 is 40.5 Å². The molecule has 2 aliphatic carbocycles. The molecule has 2 saturated heterocycles. The number of fused-ring (bicyclic) bond motifs is 5. The van der Waals surface area contributed by atoms with Gasteiger partial charge in [0.25, 0.3) is 0 Å². The predicted octanol–water partition coefficient (Wildman–Crippen LogP) is 7.56. The molecule has 2 aromatic heterocycles. The van der Waals surface area contributed by atoms with Crippen LogP contribution in [-0.4, -0.2) is 63.2 Å². The van der Waals surface area contributed by atoms with Gasteiger partial charge in [0.15, 0.2) is 11.5 Å². The van der Waals surface area contributed by atoms with Gasteiger partial charge in [-0.25, -0.2) is 4.90 Å². The zero-order valence-corrected chi connectivity index (χ0v) is 33.5. The highest BCUT2D eigenvalue weighted by molar-refractivity contribution is 7.22. The summed E-state index contributed by atoms with van der Waals surface area (Å²) >= 11 is 7.89. The Morgan fingerprint density at radius 3 is 2.35 bits per heavy atom. The third kappa shape index (κ3) is 5.38. The molecule has 6 atom stereocenters. The summed E-state index contributed by atoms with van der Waals surface area (Å²) in [6.45, 7) is 9.41. The first-order chi connectivity index (χ1) is 26.0. The molecule has 4 heterocycles. The number of methoxy groups -OCH3 is 2. The van der Waals surface area contributed by atoms with Crippen molar-refractivity contribution in [3.63, 3.8) is 0 Å². The van der Waals surface area contributed by atoms with Crippen molar-refractivity contribution in [2.45, 2.75) is 53.0 Å². The summed E-state index contributed by atoms with van der Waals surface area (Å²) in [5, 5.41) is 17.0. The summed E-state index contributed by atoms with van der Waals surface area (Å²) in [5.41, 5.74) is 1.20. The van der Waals surface area contributed by atoms with Gasteiger partial charge >= 0.3 is 0 Å². The summed E-state index contributed by atoms with van der Waals surface area (Å²) in [6, 6.07) is 10.9. The van der Waals surface area contributed by atoms with Gasteiger partial charge in [0.05, 0.1) is 42.3 Å². The monoisotopic (exact) mass is 782 g/mol. The summed E-state index contributed by atoms with van der Waals surface area (Å²) in [5.74, 6) is -3.55.